The van der Waals surface area contributed by atoms with Crippen molar-refractivity contribution in [2.45, 2.75) is 27.7 Å². The summed E-state index contributed by atoms with van der Waals surface area (Å²) in [6.45, 7) is 7.93. The van der Waals surface area contributed by atoms with E-state index in [1.165, 1.54) is 0 Å². The summed E-state index contributed by atoms with van der Waals surface area (Å²) in [5.74, 6) is -0.442. The van der Waals surface area contributed by atoms with E-state index in [9.17, 15) is 14.7 Å². The van der Waals surface area contributed by atoms with E-state index in [0.29, 0.717) is 23.6 Å². The van der Waals surface area contributed by atoms with Crippen LogP contribution in [0.3, 0.4) is 0 Å². The van der Waals surface area contributed by atoms with Gasteiger partial charge in [0.15, 0.2) is 11.3 Å². The van der Waals surface area contributed by atoms with Gasteiger partial charge in [0.25, 0.3) is 0 Å². The molecule has 0 aliphatic rings. The number of esters is 1. The van der Waals surface area contributed by atoms with Crippen LogP contribution >= 0.6 is 0 Å². The van der Waals surface area contributed by atoms with E-state index in [2.05, 4.69) is 4.98 Å². The van der Waals surface area contributed by atoms with Gasteiger partial charge in [0, 0.05) is 5.56 Å². The minimum absolute atomic E-state index is 0.264. The van der Waals surface area contributed by atoms with Crippen LogP contribution in [0, 0.1) is 20.8 Å². The fourth-order valence-electron chi connectivity index (χ4n) is 3.91. The summed E-state index contributed by atoms with van der Waals surface area (Å²) in [5.41, 5.74) is 1.80. The first-order valence-electron chi connectivity index (χ1n) is 11.1. The molecule has 0 aliphatic carbocycles. The lowest BCUT2D eigenvalue weighted by molar-refractivity contribution is -0.128. The smallest absolute Gasteiger partial charge is 0.363 e. The molecule has 1 aromatic heterocycles. The Bertz CT molecular complexity index is 1480. The number of aliphatic hydroxyl groups is 1. The number of aromatic nitrogens is 1. The molecule has 4 aromatic rings. The normalized spacial score (nSPS) is 11.8. The largest absolute Gasteiger partial charge is 0.506 e. The summed E-state index contributed by atoms with van der Waals surface area (Å²) < 4.78 is 16.5. The predicted molar refractivity (Wildman–Crippen MR) is 134 cm³/mol. The lowest BCUT2D eigenvalue weighted by Gasteiger charge is -2.14. The third kappa shape index (κ3) is 4.94. The van der Waals surface area contributed by atoms with E-state index in [-0.39, 0.29) is 16.8 Å². The minimum Gasteiger partial charge on any atom is -0.506 e. The maximum atomic E-state index is 13.5. The second-order valence-corrected chi connectivity index (χ2v) is 8.12. The Morgan fingerprint density at radius 3 is 2.31 bits per heavy atom. The molecule has 178 valence electrons. The molecule has 1 heterocycles. The third-order valence-electron chi connectivity index (χ3n) is 5.41. The zero-order valence-electron chi connectivity index (χ0n) is 19.9. The Hall–Kier alpha value is -4.39. The number of fused-ring (bicyclic) bond motifs is 1. The second-order valence-electron chi connectivity index (χ2n) is 8.12. The number of ether oxygens (including phenoxy) is 2. The van der Waals surface area contributed by atoms with E-state index in [1.807, 2.05) is 39.8 Å². The van der Waals surface area contributed by atoms with Gasteiger partial charge in [0.1, 0.15) is 28.3 Å². The molecule has 0 radical (unpaired) electrons. The van der Waals surface area contributed by atoms with Crippen LogP contribution in [0.2, 0.25) is 0 Å². The van der Waals surface area contributed by atoms with E-state index in [0.717, 1.165) is 16.7 Å². The second kappa shape index (κ2) is 9.85. The van der Waals surface area contributed by atoms with Crippen LogP contribution in [0.4, 0.5) is 0 Å². The Morgan fingerprint density at radius 1 is 1.00 bits per heavy atom. The number of carbonyl (C=O) groups is 1. The third-order valence-corrected chi connectivity index (χ3v) is 5.41. The van der Waals surface area contributed by atoms with Gasteiger partial charge >= 0.3 is 11.6 Å². The van der Waals surface area contributed by atoms with Crippen molar-refractivity contribution in [3.05, 3.63) is 99.0 Å². The number of nitrogens with zero attached hydrogens (tertiary/aromatic N) is 1. The van der Waals surface area contributed by atoms with Crippen molar-refractivity contribution in [1.29, 1.82) is 0 Å². The molecule has 35 heavy (non-hydrogen) atoms. The number of rotatable bonds is 6. The van der Waals surface area contributed by atoms with Crippen LogP contribution in [0.5, 0.6) is 11.5 Å². The molecule has 0 aliphatic heterocycles. The predicted octanol–water partition coefficient (Wildman–Crippen LogP) is 5.54. The molecule has 4 rings (SSSR count). The number of aryl methyl sites for hydroxylation is 3. The summed E-state index contributed by atoms with van der Waals surface area (Å²) in [5, 5.41) is 11.2. The number of aliphatic hydroxyl groups excluding tert-OH is 1. The topological polar surface area (TPSA) is 98.9 Å². The van der Waals surface area contributed by atoms with E-state index in [1.54, 1.807) is 48.5 Å². The standard InChI is InChI=1S/C28H25NO6/c1-5-33-20-12-10-19(11-13-20)25(30)23(24-28(32)34-22-9-7-6-8-21(22)29-24)27(31)35-26-17(3)14-16(2)15-18(26)4/h6-15,30H,5H2,1-4H3/b25-23+. The molecule has 0 unspecified atom stereocenters. The summed E-state index contributed by atoms with van der Waals surface area (Å²) in [7, 11) is 0. The van der Waals surface area contributed by atoms with E-state index in [4.69, 9.17) is 13.9 Å². The number of hydrogen-bond donors (Lipinski definition) is 1. The lowest BCUT2D eigenvalue weighted by atomic mass is 10.0. The first-order valence-corrected chi connectivity index (χ1v) is 11.1. The van der Waals surface area contributed by atoms with Crippen molar-refractivity contribution in [2.75, 3.05) is 6.61 Å². The number of benzene rings is 3. The molecule has 0 saturated heterocycles. The van der Waals surface area contributed by atoms with Crippen LogP contribution in [0.15, 0.2) is 69.9 Å². The summed E-state index contributed by atoms with van der Waals surface area (Å²) in [6.07, 6.45) is 0. The van der Waals surface area contributed by atoms with E-state index >= 15 is 0 Å². The van der Waals surface area contributed by atoms with Gasteiger partial charge in [-0.2, -0.15) is 0 Å². The average molecular weight is 472 g/mol. The molecule has 0 saturated carbocycles. The van der Waals surface area contributed by atoms with Crippen molar-refractivity contribution in [1.82, 2.24) is 4.98 Å². The average Bonchev–Trinajstić information content (AvgIpc) is 2.82. The molecule has 0 amide bonds. The van der Waals surface area contributed by atoms with Gasteiger partial charge in [-0.05, 0) is 75.2 Å². The highest BCUT2D eigenvalue weighted by Crippen LogP contribution is 2.30. The number of carbonyl (C=O) groups excluding carboxylic acids is 1. The van der Waals surface area contributed by atoms with Crippen molar-refractivity contribution >= 4 is 28.4 Å². The summed E-state index contributed by atoms with van der Waals surface area (Å²) >= 11 is 0. The summed E-state index contributed by atoms with van der Waals surface area (Å²) in [4.78, 5) is 30.7. The maximum Gasteiger partial charge on any atom is 0.363 e. The van der Waals surface area contributed by atoms with Crippen LogP contribution < -0.4 is 15.1 Å². The fourth-order valence-corrected chi connectivity index (χ4v) is 3.91. The van der Waals surface area contributed by atoms with Crippen molar-refractivity contribution in [2.24, 2.45) is 0 Å². The zero-order valence-corrected chi connectivity index (χ0v) is 19.9. The van der Waals surface area contributed by atoms with Gasteiger partial charge in [-0.25, -0.2) is 14.6 Å². The van der Waals surface area contributed by atoms with Crippen molar-refractivity contribution in [3.63, 3.8) is 0 Å². The summed E-state index contributed by atoms with van der Waals surface area (Å²) in [6, 6.07) is 16.9. The molecule has 0 atom stereocenters. The highest BCUT2D eigenvalue weighted by Gasteiger charge is 2.27. The van der Waals surface area contributed by atoms with Gasteiger partial charge in [-0.15, -0.1) is 0 Å². The molecular formula is C28H25NO6. The molecule has 7 heteroatoms. The molecule has 0 fully saturated rings. The van der Waals surface area contributed by atoms with Crippen LogP contribution in [0.1, 0.15) is 34.9 Å². The van der Waals surface area contributed by atoms with Gasteiger partial charge in [-0.3, -0.25) is 0 Å². The SMILES string of the molecule is CCOc1ccc(/C(O)=C(\C(=O)Oc2c(C)cc(C)cc2C)c2nc3ccccc3oc2=O)cc1. The van der Waals surface area contributed by atoms with Crippen molar-refractivity contribution < 1.29 is 23.8 Å². The molecule has 7 nitrogen and oxygen atoms in total. The highest BCUT2D eigenvalue weighted by molar-refractivity contribution is 6.23. The lowest BCUT2D eigenvalue weighted by Crippen LogP contribution is -2.20. The van der Waals surface area contributed by atoms with Gasteiger partial charge in [0.05, 0.1) is 6.61 Å². The monoisotopic (exact) mass is 471 g/mol. The molecule has 0 bridgehead atoms. The fraction of sp³-hybridized carbons (Fsp3) is 0.179. The van der Waals surface area contributed by atoms with Crippen molar-refractivity contribution in [3.8, 4) is 11.5 Å². The molecule has 3 aromatic carbocycles. The minimum atomic E-state index is -0.929. The number of hydrogen-bond acceptors (Lipinski definition) is 7. The molecule has 0 spiro atoms. The Labute approximate surface area is 202 Å². The van der Waals surface area contributed by atoms with Crippen LogP contribution in [-0.2, 0) is 4.79 Å². The molecular weight excluding hydrogens is 446 g/mol. The van der Waals surface area contributed by atoms with Crippen LogP contribution in [-0.4, -0.2) is 22.7 Å². The van der Waals surface area contributed by atoms with Gasteiger partial charge in [0.2, 0.25) is 0 Å². The molecule has 1 N–H and O–H groups in total. The van der Waals surface area contributed by atoms with E-state index < -0.39 is 22.9 Å². The Morgan fingerprint density at radius 2 is 1.66 bits per heavy atom. The Kier molecular flexibility index (Phi) is 6.68. The van der Waals surface area contributed by atoms with Gasteiger partial charge in [-0.1, -0.05) is 29.8 Å². The first-order chi connectivity index (χ1) is 16.8. The highest BCUT2D eigenvalue weighted by atomic mass is 16.5. The number of para-hydroxylation sites is 2. The first kappa shape index (κ1) is 23.8. The quantitative estimate of drug-likeness (QED) is 0.170. The Balaban J connectivity index is 1.89. The zero-order chi connectivity index (χ0) is 25.1. The van der Waals surface area contributed by atoms with Gasteiger partial charge < -0.3 is 19.0 Å². The van der Waals surface area contributed by atoms with Crippen LogP contribution in [0.25, 0.3) is 22.4 Å². The maximum absolute atomic E-state index is 13.5.